The summed E-state index contributed by atoms with van der Waals surface area (Å²) in [6.45, 7) is 2.90. The van der Waals surface area contributed by atoms with Crippen LogP contribution in [0.1, 0.15) is 18.4 Å². The molecular weight excluding hydrogens is 296 g/mol. The first-order chi connectivity index (χ1) is 9.42. The second kappa shape index (κ2) is 6.89. The van der Waals surface area contributed by atoms with Gasteiger partial charge in [-0.25, -0.2) is 13.1 Å². The molecule has 0 saturated carbocycles. The second-order valence-electron chi connectivity index (χ2n) is 5.38. The molecule has 1 fully saturated rings. The van der Waals surface area contributed by atoms with E-state index in [9.17, 15) is 8.42 Å². The highest BCUT2D eigenvalue weighted by Gasteiger charge is 2.21. The summed E-state index contributed by atoms with van der Waals surface area (Å²) in [4.78, 5) is 2.38. The highest BCUT2D eigenvalue weighted by atomic mass is 35.5. The van der Waals surface area contributed by atoms with Crippen LogP contribution >= 0.6 is 11.6 Å². The summed E-state index contributed by atoms with van der Waals surface area (Å²) < 4.78 is 25.1. The maximum absolute atomic E-state index is 11.2. The molecule has 0 unspecified atom stereocenters. The van der Waals surface area contributed by atoms with Crippen molar-refractivity contribution in [2.24, 2.45) is 0 Å². The van der Waals surface area contributed by atoms with Gasteiger partial charge >= 0.3 is 0 Å². The molecule has 112 valence electrons. The average molecular weight is 317 g/mol. The van der Waals surface area contributed by atoms with Gasteiger partial charge in [-0.05, 0) is 50.0 Å². The first-order valence-corrected chi connectivity index (χ1v) is 9.13. The quantitative estimate of drug-likeness (QED) is 0.902. The van der Waals surface area contributed by atoms with Crippen molar-refractivity contribution >= 4 is 21.6 Å². The average Bonchev–Trinajstić information content (AvgIpc) is 2.38. The van der Waals surface area contributed by atoms with Gasteiger partial charge in [0.1, 0.15) is 0 Å². The SMILES string of the molecule is CS(=O)(=O)NC1CCN(CCc2ccc(Cl)cc2)CC1. The standard InChI is InChI=1S/C14H21ClN2O2S/c1-20(18,19)16-14-7-10-17(11-8-14)9-6-12-2-4-13(15)5-3-12/h2-5,14,16H,6-11H2,1H3. The fraction of sp³-hybridized carbons (Fsp3) is 0.571. The zero-order valence-corrected chi connectivity index (χ0v) is 13.3. The Labute approximate surface area is 126 Å². The number of halogens is 1. The van der Waals surface area contributed by atoms with Crippen LogP contribution in [-0.2, 0) is 16.4 Å². The van der Waals surface area contributed by atoms with Crippen LogP contribution in [0.25, 0.3) is 0 Å². The van der Waals surface area contributed by atoms with E-state index in [0.717, 1.165) is 43.9 Å². The van der Waals surface area contributed by atoms with E-state index in [2.05, 4.69) is 21.8 Å². The smallest absolute Gasteiger partial charge is 0.208 e. The number of hydrogen-bond donors (Lipinski definition) is 1. The van der Waals surface area contributed by atoms with Gasteiger partial charge in [0.15, 0.2) is 0 Å². The highest BCUT2D eigenvalue weighted by molar-refractivity contribution is 7.88. The van der Waals surface area contributed by atoms with Gasteiger partial charge in [-0.1, -0.05) is 23.7 Å². The fourth-order valence-corrected chi connectivity index (χ4v) is 3.48. The minimum Gasteiger partial charge on any atom is -0.303 e. The molecule has 1 aromatic carbocycles. The Morgan fingerprint density at radius 1 is 1.25 bits per heavy atom. The van der Waals surface area contributed by atoms with Gasteiger partial charge < -0.3 is 4.90 Å². The van der Waals surface area contributed by atoms with Gasteiger partial charge in [-0.15, -0.1) is 0 Å². The first-order valence-electron chi connectivity index (χ1n) is 6.86. The molecule has 20 heavy (non-hydrogen) atoms. The van der Waals surface area contributed by atoms with Crippen LogP contribution in [0.4, 0.5) is 0 Å². The molecule has 1 aliphatic rings. The summed E-state index contributed by atoms with van der Waals surface area (Å²) in [7, 11) is -3.08. The van der Waals surface area contributed by atoms with Crippen LogP contribution in [-0.4, -0.2) is 45.2 Å². The predicted octanol–water partition coefficient (Wildman–Crippen LogP) is 1.90. The van der Waals surface area contributed by atoms with E-state index in [0.29, 0.717) is 0 Å². The number of likely N-dealkylation sites (tertiary alicyclic amines) is 1. The molecule has 0 radical (unpaired) electrons. The third-order valence-electron chi connectivity index (χ3n) is 3.60. The van der Waals surface area contributed by atoms with Crippen molar-refractivity contribution in [1.82, 2.24) is 9.62 Å². The fourth-order valence-electron chi connectivity index (χ4n) is 2.52. The zero-order valence-electron chi connectivity index (χ0n) is 11.7. The van der Waals surface area contributed by atoms with Crippen molar-refractivity contribution < 1.29 is 8.42 Å². The zero-order chi connectivity index (χ0) is 14.6. The van der Waals surface area contributed by atoms with Crippen molar-refractivity contribution in [2.45, 2.75) is 25.3 Å². The van der Waals surface area contributed by atoms with Crippen LogP contribution in [0.3, 0.4) is 0 Å². The molecule has 0 atom stereocenters. The van der Waals surface area contributed by atoms with E-state index in [-0.39, 0.29) is 6.04 Å². The van der Waals surface area contributed by atoms with Gasteiger partial charge in [0.2, 0.25) is 10.0 Å². The minimum atomic E-state index is -3.08. The summed E-state index contributed by atoms with van der Waals surface area (Å²) in [5.74, 6) is 0. The largest absolute Gasteiger partial charge is 0.303 e. The lowest BCUT2D eigenvalue weighted by Crippen LogP contribution is -2.44. The number of rotatable bonds is 5. The lowest BCUT2D eigenvalue weighted by atomic mass is 10.1. The molecule has 1 saturated heterocycles. The molecule has 1 aliphatic heterocycles. The number of piperidine rings is 1. The Balaban J connectivity index is 1.73. The molecule has 6 heteroatoms. The van der Waals surface area contributed by atoms with Crippen molar-refractivity contribution in [3.63, 3.8) is 0 Å². The normalized spacial score (nSPS) is 18.3. The number of nitrogens with zero attached hydrogens (tertiary/aromatic N) is 1. The van der Waals surface area contributed by atoms with E-state index >= 15 is 0 Å². The molecular formula is C14H21ClN2O2S. The van der Waals surface area contributed by atoms with Crippen LogP contribution in [0.5, 0.6) is 0 Å². The van der Waals surface area contributed by atoms with Crippen molar-refractivity contribution in [3.05, 3.63) is 34.9 Å². The van der Waals surface area contributed by atoms with Crippen LogP contribution in [0.2, 0.25) is 5.02 Å². The maximum atomic E-state index is 11.2. The number of nitrogens with one attached hydrogen (secondary N) is 1. The summed E-state index contributed by atoms with van der Waals surface area (Å²) in [6.07, 6.45) is 3.99. The van der Waals surface area contributed by atoms with Gasteiger partial charge in [-0.3, -0.25) is 0 Å². The predicted molar refractivity (Wildman–Crippen MR) is 82.6 cm³/mol. The van der Waals surface area contributed by atoms with E-state index in [1.807, 2.05) is 12.1 Å². The summed E-state index contributed by atoms with van der Waals surface area (Å²) in [5, 5.41) is 0.765. The Hall–Kier alpha value is -0.620. The van der Waals surface area contributed by atoms with E-state index in [1.165, 1.54) is 11.8 Å². The Kier molecular flexibility index (Phi) is 5.43. The monoisotopic (exact) mass is 316 g/mol. The Morgan fingerprint density at radius 3 is 2.40 bits per heavy atom. The number of sulfonamides is 1. The maximum Gasteiger partial charge on any atom is 0.208 e. The van der Waals surface area contributed by atoms with Crippen molar-refractivity contribution in [2.75, 3.05) is 25.9 Å². The number of benzene rings is 1. The molecule has 0 aromatic heterocycles. The molecule has 0 aliphatic carbocycles. The molecule has 0 spiro atoms. The molecule has 4 nitrogen and oxygen atoms in total. The van der Waals surface area contributed by atoms with Gasteiger partial charge in [0, 0.05) is 17.6 Å². The molecule has 2 rings (SSSR count). The Bertz CT molecular complexity index is 523. The van der Waals surface area contributed by atoms with Gasteiger partial charge in [-0.2, -0.15) is 0 Å². The van der Waals surface area contributed by atoms with Crippen molar-refractivity contribution in [3.8, 4) is 0 Å². The molecule has 0 bridgehead atoms. The highest BCUT2D eigenvalue weighted by Crippen LogP contribution is 2.13. The lowest BCUT2D eigenvalue weighted by Gasteiger charge is -2.31. The second-order valence-corrected chi connectivity index (χ2v) is 7.60. The first kappa shape index (κ1) is 15.8. The van der Waals surface area contributed by atoms with E-state index in [1.54, 1.807) is 0 Å². The third kappa shape index (κ3) is 5.40. The van der Waals surface area contributed by atoms with Crippen molar-refractivity contribution in [1.29, 1.82) is 0 Å². The van der Waals surface area contributed by atoms with Gasteiger partial charge in [0.25, 0.3) is 0 Å². The van der Waals surface area contributed by atoms with E-state index in [4.69, 9.17) is 11.6 Å². The third-order valence-corrected chi connectivity index (χ3v) is 4.61. The van der Waals surface area contributed by atoms with Crippen LogP contribution in [0, 0.1) is 0 Å². The van der Waals surface area contributed by atoms with Gasteiger partial charge in [0.05, 0.1) is 6.26 Å². The topological polar surface area (TPSA) is 49.4 Å². The Morgan fingerprint density at radius 2 is 1.85 bits per heavy atom. The molecule has 1 heterocycles. The lowest BCUT2D eigenvalue weighted by molar-refractivity contribution is 0.209. The van der Waals surface area contributed by atoms with Crippen LogP contribution in [0.15, 0.2) is 24.3 Å². The molecule has 1 aromatic rings. The molecule has 1 N–H and O–H groups in total. The summed E-state index contributed by atoms with van der Waals surface area (Å²) in [5.41, 5.74) is 1.28. The summed E-state index contributed by atoms with van der Waals surface area (Å²) >= 11 is 5.86. The minimum absolute atomic E-state index is 0.0942. The molecule has 0 amide bonds. The number of hydrogen-bond acceptors (Lipinski definition) is 3. The van der Waals surface area contributed by atoms with E-state index < -0.39 is 10.0 Å². The summed E-state index contributed by atoms with van der Waals surface area (Å²) in [6, 6.07) is 8.04. The van der Waals surface area contributed by atoms with Crippen LogP contribution < -0.4 is 4.72 Å².